The van der Waals surface area contributed by atoms with Gasteiger partial charge in [0.2, 0.25) is 0 Å². The predicted octanol–water partition coefficient (Wildman–Crippen LogP) is 3.10. The van der Waals surface area contributed by atoms with Crippen LogP contribution in [0, 0.1) is 0 Å². The number of nitrogens with two attached hydrogens (primary N) is 1. The van der Waals surface area contributed by atoms with Crippen molar-refractivity contribution in [2.45, 2.75) is 44.4 Å². The lowest BCUT2D eigenvalue weighted by atomic mass is 10.1. The molecule has 1 amide bonds. The first-order chi connectivity index (χ1) is 10.1. The minimum absolute atomic E-state index is 0.0731. The lowest BCUT2D eigenvalue weighted by Crippen LogP contribution is -2.23. The summed E-state index contributed by atoms with van der Waals surface area (Å²) in [7, 11) is 0. The highest BCUT2D eigenvalue weighted by Crippen LogP contribution is 2.32. The summed E-state index contributed by atoms with van der Waals surface area (Å²) in [6.07, 6.45) is 3.65. The van der Waals surface area contributed by atoms with Crippen LogP contribution in [0.4, 0.5) is 11.4 Å². The Morgan fingerprint density at radius 2 is 2.19 bits per heavy atom. The number of carbonyl (C=O) groups excluding carboxylic acids is 1. The van der Waals surface area contributed by atoms with E-state index < -0.39 is 0 Å². The zero-order valence-corrected chi connectivity index (χ0v) is 13.6. The van der Waals surface area contributed by atoms with Crippen LogP contribution < -0.4 is 16.4 Å². The van der Waals surface area contributed by atoms with E-state index >= 15 is 0 Å². The summed E-state index contributed by atoms with van der Waals surface area (Å²) in [5.74, 6) is 1.11. The van der Waals surface area contributed by atoms with Crippen LogP contribution in [-0.2, 0) is 0 Å². The van der Waals surface area contributed by atoms with E-state index in [1.807, 2.05) is 30.8 Å². The van der Waals surface area contributed by atoms with E-state index in [1.165, 1.54) is 25.0 Å². The van der Waals surface area contributed by atoms with Crippen LogP contribution in [0.2, 0.25) is 0 Å². The number of nitrogen functional groups attached to an aromatic ring is 1. The van der Waals surface area contributed by atoms with Gasteiger partial charge in [0.1, 0.15) is 0 Å². The largest absolute Gasteiger partial charge is 0.397 e. The second-order valence-electron chi connectivity index (χ2n) is 5.39. The van der Waals surface area contributed by atoms with E-state index in [2.05, 4.69) is 17.6 Å². The van der Waals surface area contributed by atoms with E-state index in [-0.39, 0.29) is 5.91 Å². The molecule has 0 saturated heterocycles. The zero-order chi connectivity index (χ0) is 15.2. The summed E-state index contributed by atoms with van der Waals surface area (Å²) in [4.78, 5) is 11.8. The molecule has 0 bridgehead atoms. The van der Waals surface area contributed by atoms with Crippen molar-refractivity contribution in [3.63, 3.8) is 0 Å². The second-order valence-corrected chi connectivity index (χ2v) is 6.97. The molecule has 0 heterocycles. The third kappa shape index (κ3) is 4.30. The van der Waals surface area contributed by atoms with E-state index in [4.69, 9.17) is 5.73 Å². The third-order valence-electron chi connectivity index (χ3n) is 3.80. The molecule has 1 aliphatic carbocycles. The lowest BCUT2D eigenvalue weighted by molar-refractivity contribution is 0.0956. The normalized spacial score (nSPS) is 21.2. The van der Waals surface area contributed by atoms with E-state index in [0.717, 1.165) is 10.9 Å². The molecule has 0 spiro atoms. The number of nitrogens with one attached hydrogen (secondary N) is 2. The average molecular weight is 307 g/mol. The Morgan fingerprint density at radius 3 is 2.86 bits per heavy atom. The number of hydrogen-bond acceptors (Lipinski definition) is 4. The molecule has 5 heteroatoms. The molecular weight excluding hydrogens is 282 g/mol. The Kier molecular flexibility index (Phi) is 5.79. The van der Waals surface area contributed by atoms with Gasteiger partial charge in [0, 0.05) is 23.4 Å². The van der Waals surface area contributed by atoms with Gasteiger partial charge >= 0.3 is 0 Å². The maximum absolute atomic E-state index is 11.8. The Morgan fingerprint density at radius 1 is 1.38 bits per heavy atom. The fourth-order valence-corrected chi connectivity index (χ4v) is 3.92. The van der Waals surface area contributed by atoms with Gasteiger partial charge in [0.25, 0.3) is 5.91 Å². The van der Waals surface area contributed by atoms with Crippen LogP contribution in [0.3, 0.4) is 0 Å². The first-order valence-electron chi connectivity index (χ1n) is 7.69. The van der Waals surface area contributed by atoms with Crippen LogP contribution in [0.1, 0.15) is 43.5 Å². The summed E-state index contributed by atoms with van der Waals surface area (Å²) in [6.45, 7) is 4.74. The Labute approximate surface area is 131 Å². The number of thioether (sulfide) groups is 1. The van der Waals surface area contributed by atoms with Gasteiger partial charge in [-0.25, -0.2) is 0 Å². The van der Waals surface area contributed by atoms with Gasteiger partial charge < -0.3 is 16.4 Å². The topological polar surface area (TPSA) is 67.2 Å². The van der Waals surface area contributed by atoms with Gasteiger partial charge in [0.05, 0.1) is 11.4 Å². The van der Waals surface area contributed by atoms with Crippen LogP contribution in [0.5, 0.6) is 0 Å². The van der Waals surface area contributed by atoms with Gasteiger partial charge in [-0.2, -0.15) is 11.8 Å². The number of anilines is 2. The summed E-state index contributed by atoms with van der Waals surface area (Å²) in [5.41, 5.74) is 8.28. The van der Waals surface area contributed by atoms with Gasteiger partial charge in [-0.05, 0) is 50.1 Å². The molecule has 1 aromatic carbocycles. The molecule has 0 aliphatic heterocycles. The van der Waals surface area contributed by atoms with Crippen LogP contribution >= 0.6 is 11.8 Å². The Balaban J connectivity index is 1.97. The molecule has 4 nitrogen and oxygen atoms in total. The fourth-order valence-electron chi connectivity index (χ4n) is 2.78. The van der Waals surface area contributed by atoms with Crippen molar-refractivity contribution >= 4 is 29.0 Å². The van der Waals surface area contributed by atoms with E-state index in [0.29, 0.717) is 23.8 Å². The molecule has 1 fully saturated rings. The SMILES string of the molecule is CCNC(=O)c1ccc(NC2CCC(SCC)C2)c(N)c1. The fraction of sp³-hybridized carbons (Fsp3) is 0.562. The lowest BCUT2D eigenvalue weighted by Gasteiger charge is -2.17. The van der Waals surface area contributed by atoms with E-state index in [1.54, 1.807) is 6.07 Å². The second kappa shape index (κ2) is 7.59. The Bertz CT molecular complexity index is 492. The van der Waals surface area contributed by atoms with Crippen LogP contribution in [0.25, 0.3) is 0 Å². The number of benzene rings is 1. The molecule has 4 N–H and O–H groups in total. The van der Waals surface area contributed by atoms with Gasteiger partial charge in [-0.15, -0.1) is 0 Å². The van der Waals surface area contributed by atoms with Crippen molar-refractivity contribution in [2.24, 2.45) is 0 Å². The monoisotopic (exact) mass is 307 g/mol. The average Bonchev–Trinajstić information content (AvgIpc) is 2.89. The molecule has 2 rings (SSSR count). The highest BCUT2D eigenvalue weighted by atomic mass is 32.2. The van der Waals surface area contributed by atoms with Crippen LogP contribution in [0.15, 0.2) is 18.2 Å². The van der Waals surface area contributed by atoms with Gasteiger partial charge in [0.15, 0.2) is 0 Å². The minimum atomic E-state index is -0.0731. The van der Waals surface area contributed by atoms with Crippen molar-refractivity contribution < 1.29 is 4.79 Å². The molecule has 1 aliphatic rings. The number of rotatable bonds is 6. The van der Waals surface area contributed by atoms with Crippen molar-refractivity contribution in [1.29, 1.82) is 0 Å². The van der Waals surface area contributed by atoms with Crippen molar-refractivity contribution in [2.75, 3.05) is 23.3 Å². The quantitative estimate of drug-likeness (QED) is 0.707. The molecule has 21 heavy (non-hydrogen) atoms. The highest BCUT2D eigenvalue weighted by molar-refractivity contribution is 7.99. The minimum Gasteiger partial charge on any atom is -0.397 e. The molecule has 116 valence electrons. The molecule has 1 aromatic rings. The smallest absolute Gasteiger partial charge is 0.251 e. The first kappa shape index (κ1) is 16.0. The maximum atomic E-state index is 11.8. The molecule has 0 aromatic heterocycles. The number of carbonyl (C=O) groups is 1. The van der Waals surface area contributed by atoms with Crippen LogP contribution in [-0.4, -0.2) is 29.5 Å². The number of amides is 1. The first-order valence-corrected chi connectivity index (χ1v) is 8.74. The molecular formula is C16H25N3OS. The molecule has 0 radical (unpaired) electrons. The number of hydrogen-bond donors (Lipinski definition) is 3. The molecule has 1 saturated carbocycles. The summed E-state index contributed by atoms with van der Waals surface area (Å²) in [6, 6.07) is 5.99. The summed E-state index contributed by atoms with van der Waals surface area (Å²) < 4.78 is 0. The van der Waals surface area contributed by atoms with Gasteiger partial charge in [-0.1, -0.05) is 6.92 Å². The summed E-state index contributed by atoms with van der Waals surface area (Å²) >= 11 is 2.05. The summed E-state index contributed by atoms with van der Waals surface area (Å²) in [5, 5.41) is 7.08. The molecule has 2 atom stereocenters. The van der Waals surface area contributed by atoms with E-state index in [9.17, 15) is 4.79 Å². The zero-order valence-electron chi connectivity index (χ0n) is 12.8. The predicted molar refractivity (Wildman–Crippen MR) is 92.0 cm³/mol. The van der Waals surface area contributed by atoms with Crippen molar-refractivity contribution in [3.05, 3.63) is 23.8 Å². The van der Waals surface area contributed by atoms with Crippen molar-refractivity contribution in [3.8, 4) is 0 Å². The third-order valence-corrected chi connectivity index (χ3v) is 5.03. The molecule has 2 unspecified atom stereocenters. The standard InChI is InChI=1S/C16H25N3OS/c1-3-18-16(20)11-5-8-15(14(17)9-11)19-12-6-7-13(10-12)21-4-2/h5,8-9,12-13,19H,3-4,6-7,10,17H2,1-2H3,(H,18,20). The van der Waals surface area contributed by atoms with Gasteiger partial charge in [-0.3, -0.25) is 4.79 Å². The van der Waals surface area contributed by atoms with Crippen molar-refractivity contribution in [1.82, 2.24) is 5.32 Å². The highest BCUT2D eigenvalue weighted by Gasteiger charge is 2.24. The maximum Gasteiger partial charge on any atom is 0.251 e. The Hall–Kier alpha value is -1.36.